The van der Waals surface area contributed by atoms with Gasteiger partial charge in [0.1, 0.15) is 11.5 Å². The summed E-state index contributed by atoms with van der Waals surface area (Å²) in [6.07, 6.45) is 5.76. The lowest BCUT2D eigenvalue weighted by atomic mass is 10.2. The maximum absolute atomic E-state index is 12.4. The van der Waals surface area contributed by atoms with Gasteiger partial charge in [0.2, 0.25) is 0 Å². The summed E-state index contributed by atoms with van der Waals surface area (Å²) in [6.45, 7) is 3.78. The number of H-pyrrole nitrogens is 1. The topological polar surface area (TPSA) is 101 Å². The lowest BCUT2D eigenvalue weighted by Gasteiger charge is -2.13. The van der Waals surface area contributed by atoms with E-state index in [1.165, 1.54) is 0 Å². The van der Waals surface area contributed by atoms with Gasteiger partial charge in [-0.2, -0.15) is 10.2 Å². The number of aryl methyl sites for hydroxylation is 1. The predicted molar refractivity (Wildman–Crippen MR) is 83.0 cm³/mol. The molecule has 1 unspecified atom stereocenters. The summed E-state index contributed by atoms with van der Waals surface area (Å²) in [5, 5.41) is 13.9. The lowest BCUT2D eigenvalue weighted by molar-refractivity contribution is 0.0928. The van der Waals surface area contributed by atoms with E-state index in [4.69, 9.17) is 0 Å². The molecule has 0 aliphatic carbocycles. The number of aromatic nitrogens is 6. The molecule has 0 saturated carbocycles. The molecule has 3 heterocycles. The third-order valence-corrected chi connectivity index (χ3v) is 3.38. The van der Waals surface area contributed by atoms with E-state index in [9.17, 15) is 4.79 Å². The van der Waals surface area contributed by atoms with Gasteiger partial charge in [-0.1, -0.05) is 6.92 Å². The van der Waals surface area contributed by atoms with Gasteiger partial charge in [0, 0.05) is 18.6 Å². The first-order valence-electron chi connectivity index (χ1n) is 7.33. The van der Waals surface area contributed by atoms with Crippen LogP contribution in [0.5, 0.6) is 0 Å². The second-order valence-electron chi connectivity index (χ2n) is 5.06. The summed E-state index contributed by atoms with van der Waals surface area (Å²) >= 11 is 0. The summed E-state index contributed by atoms with van der Waals surface area (Å²) < 4.78 is 1.67. The number of nitrogens with one attached hydrogen (secondary N) is 2. The van der Waals surface area contributed by atoms with E-state index in [1.807, 2.05) is 26.1 Å². The summed E-state index contributed by atoms with van der Waals surface area (Å²) in [6, 6.07) is 5.04. The smallest absolute Gasteiger partial charge is 0.270 e. The molecule has 0 aliphatic heterocycles. The summed E-state index contributed by atoms with van der Waals surface area (Å²) in [5.74, 6) is 1.02. The van der Waals surface area contributed by atoms with Gasteiger partial charge in [0.15, 0.2) is 5.82 Å². The summed E-state index contributed by atoms with van der Waals surface area (Å²) in [5.41, 5.74) is 1.10. The molecule has 118 valence electrons. The maximum Gasteiger partial charge on any atom is 0.270 e. The molecule has 0 saturated heterocycles. The number of amides is 1. The van der Waals surface area contributed by atoms with Crippen molar-refractivity contribution in [1.29, 1.82) is 0 Å². The fourth-order valence-electron chi connectivity index (χ4n) is 2.20. The predicted octanol–water partition coefficient (Wildman–Crippen LogP) is 1.57. The molecule has 2 N–H and O–H groups in total. The average Bonchev–Trinajstić information content (AvgIpc) is 3.24. The minimum Gasteiger partial charge on any atom is -0.341 e. The monoisotopic (exact) mass is 311 g/mol. The quantitative estimate of drug-likeness (QED) is 0.745. The van der Waals surface area contributed by atoms with Gasteiger partial charge in [-0.15, -0.1) is 0 Å². The zero-order valence-corrected chi connectivity index (χ0v) is 12.9. The van der Waals surface area contributed by atoms with Crippen LogP contribution in [0.2, 0.25) is 0 Å². The Hall–Kier alpha value is -3.03. The number of hydrogen-bond donors (Lipinski definition) is 2. The molecule has 0 aliphatic rings. The van der Waals surface area contributed by atoms with Crippen LogP contribution in [-0.4, -0.2) is 35.9 Å². The van der Waals surface area contributed by atoms with Gasteiger partial charge in [0.05, 0.1) is 11.7 Å². The summed E-state index contributed by atoms with van der Waals surface area (Å²) in [4.78, 5) is 20.9. The van der Waals surface area contributed by atoms with E-state index in [0.717, 1.165) is 5.69 Å². The molecule has 8 heteroatoms. The van der Waals surface area contributed by atoms with Crippen molar-refractivity contribution in [1.82, 2.24) is 35.3 Å². The third-order valence-electron chi connectivity index (χ3n) is 3.38. The molecular formula is C15H17N7O. The number of carbonyl (C=O) groups is 1. The van der Waals surface area contributed by atoms with Crippen LogP contribution in [0.15, 0.2) is 36.8 Å². The molecule has 8 nitrogen and oxygen atoms in total. The van der Waals surface area contributed by atoms with Gasteiger partial charge < -0.3 is 5.32 Å². The summed E-state index contributed by atoms with van der Waals surface area (Å²) in [7, 11) is 0. The normalized spacial score (nSPS) is 12.1. The first kappa shape index (κ1) is 14.9. The number of rotatable bonds is 5. The average molecular weight is 311 g/mol. The van der Waals surface area contributed by atoms with E-state index < -0.39 is 0 Å². The first-order valence-corrected chi connectivity index (χ1v) is 7.33. The van der Waals surface area contributed by atoms with Gasteiger partial charge in [-0.05, 0) is 31.5 Å². The molecule has 1 amide bonds. The van der Waals surface area contributed by atoms with E-state index >= 15 is 0 Å². The largest absolute Gasteiger partial charge is 0.341 e. The Balaban J connectivity index is 1.79. The van der Waals surface area contributed by atoms with Crippen molar-refractivity contribution >= 4 is 5.91 Å². The van der Waals surface area contributed by atoms with E-state index in [0.29, 0.717) is 23.8 Å². The van der Waals surface area contributed by atoms with E-state index in [1.54, 1.807) is 29.2 Å². The molecule has 3 aromatic heterocycles. The van der Waals surface area contributed by atoms with Crippen molar-refractivity contribution in [3.05, 3.63) is 54.1 Å². The molecule has 23 heavy (non-hydrogen) atoms. The molecule has 3 rings (SSSR count). The number of carbonyl (C=O) groups excluding carboxylic acids is 1. The Kier molecular flexibility index (Phi) is 4.13. The zero-order chi connectivity index (χ0) is 16.2. The van der Waals surface area contributed by atoms with Crippen LogP contribution in [0, 0.1) is 6.92 Å². The minimum atomic E-state index is -0.270. The van der Waals surface area contributed by atoms with Crippen LogP contribution in [0.25, 0.3) is 5.69 Å². The molecule has 0 aromatic carbocycles. The van der Waals surface area contributed by atoms with Crippen LogP contribution >= 0.6 is 0 Å². The molecule has 0 radical (unpaired) electrons. The number of hydrogen-bond acceptors (Lipinski definition) is 5. The Morgan fingerprint density at radius 3 is 2.96 bits per heavy atom. The van der Waals surface area contributed by atoms with Crippen molar-refractivity contribution in [3.63, 3.8) is 0 Å². The Morgan fingerprint density at radius 1 is 1.43 bits per heavy atom. The Morgan fingerprint density at radius 2 is 2.30 bits per heavy atom. The second kappa shape index (κ2) is 6.39. The maximum atomic E-state index is 12.4. The van der Waals surface area contributed by atoms with Crippen molar-refractivity contribution in [2.45, 2.75) is 26.3 Å². The molecule has 0 spiro atoms. The molecule has 1 atom stereocenters. The highest BCUT2D eigenvalue weighted by atomic mass is 16.1. The first-order chi connectivity index (χ1) is 11.2. The van der Waals surface area contributed by atoms with Crippen molar-refractivity contribution < 1.29 is 4.79 Å². The minimum absolute atomic E-state index is 0.261. The molecule has 0 bridgehead atoms. The van der Waals surface area contributed by atoms with Gasteiger partial charge in [0.25, 0.3) is 5.91 Å². The number of nitrogens with zero attached hydrogens (tertiary/aromatic N) is 5. The highest BCUT2D eigenvalue weighted by Gasteiger charge is 2.18. The fourth-order valence-corrected chi connectivity index (χ4v) is 2.20. The van der Waals surface area contributed by atoms with Crippen LogP contribution in [-0.2, 0) is 0 Å². The highest BCUT2D eigenvalue weighted by molar-refractivity contribution is 5.92. The lowest BCUT2D eigenvalue weighted by Crippen LogP contribution is -2.29. The zero-order valence-electron chi connectivity index (χ0n) is 12.9. The molecule has 3 aromatic rings. The number of aromatic amines is 1. The Bertz CT molecular complexity index is 794. The second-order valence-corrected chi connectivity index (χ2v) is 5.06. The SMILES string of the molecule is CCC(NC(=O)c1cc(-n2cccn2)ccn1)c1n[nH]c(C)n1. The van der Waals surface area contributed by atoms with Crippen LogP contribution in [0.1, 0.15) is 41.5 Å². The van der Waals surface area contributed by atoms with Gasteiger partial charge in [-0.25, -0.2) is 9.67 Å². The van der Waals surface area contributed by atoms with E-state index in [2.05, 4.69) is 30.6 Å². The fraction of sp³-hybridized carbons (Fsp3) is 0.267. The highest BCUT2D eigenvalue weighted by Crippen LogP contribution is 2.13. The van der Waals surface area contributed by atoms with Gasteiger partial charge >= 0.3 is 0 Å². The number of pyridine rings is 1. The van der Waals surface area contributed by atoms with Crippen molar-refractivity contribution in [2.24, 2.45) is 0 Å². The van der Waals surface area contributed by atoms with Crippen LogP contribution in [0.4, 0.5) is 0 Å². The third kappa shape index (κ3) is 3.25. The Labute approximate surface area is 133 Å². The van der Waals surface area contributed by atoms with Crippen molar-refractivity contribution in [2.75, 3.05) is 0 Å². The van der Waals surface area contributed by atoms with Crippen LogP contribution < -0.4 is 5.32 Å². The molecular weight excluding hydrogens is 294 g/mol. The van der Waals surface area contributed by atoms with Crippen LogP contribution in [0.3, 0.4) is 0 Å². The van der Waals surface area contributed by atoms with E-state index in [-0.39, 0.29) is 11.9 Å². The molecule has 0 fully saturated rings. The van der Waals surface area contributed by atoms with Gasteiger partial charge in [-0.3, -0.25) is 14.9 Å². The standard InChI is InChI=1S/C15H17N7O/c1-3-12(14-18-10(2)20-21-14)19-15(23)13-9-11(5-7-16-13)22-8-4-6-17-22/h4-9,12H,3H2,1-2H3,(H,19,23)(H,18,20,21). The van der Waals surface area contributed by atoms with Crippen molar-refractivity contribution in [3.8, 4) is 5.69 Å².